The first-order chi connectivity index (χ1) is 8.74. The van der Waals surface area contributed by atoms with E-state index >= 15 is 0 Å². The second kappa shape index (κ2) is 5.67. The lowest BCUT2D eigenvalue weighted by atomic mass is 10.2. The molecule has 96 valence electrons. The Labute approximate surface area is 107 Å². The van der Waals surface area contributed by atoms with E-state index in [2.05, 4.69) is 4.99 Å². The zero-order valence-electron chi connectivity index (χ0n) is 10.7. The Morgan fingerprint density at radius 2 is 2.00 bits per heavy atom. The van der Waals surface area contributed by atoms with Crippen LogP contribution in [-0.4, -0.2) is 25.4 Å². The zero-order valence-corrected chi connectivity index (χ0v) is 10.7. The Balaban J connectivity index is 2.18. The maximum absolute atomic E-state index is 11.8. The molecule has 1 aliphatic rings. The van der Waals surface area contributed by atoms with Gasteiger partial charge in [0.2, 0.25) is 0 Å². The largest absolute Gasteiger partial charge is 0.497 e. The van der Waals surface area contributed by atoms with Crippen molar-refractivity contribution < 1.29 is 14.3 Å². The summed E-state index contributed by atoms with van der Waals surface area (Å²) in [5.74, 6) is 0.750. The van der Waals surface area contributed by atoms with Crippen molar-refractivity contribution in [2.24, 2.45) is 10.9 Å². The zero-order chi connectivity index (χ0) is 13.0. The van der Waals surface area contributed by atoms with Crippen molar-refractivity contribution in [3.63, 3.8) is 0 Å². The highest BCUT2D eigenvalue weighted by Gasteiger charge is 2.33. The van der Waals surface area contributed by atoms with Crippen LogP contribution in [0.25, 0.3) is 0 Å². The molecule has 18 heavy (non-hydrogen) atoms. The molecule has 0 unspecified atom stereocenters. The first-order valence-electron chi connectivity index (χ1n) is 6.14. The lowest BCUT2D eigenvalue weighted by molar-refractivity contribution is -0.135. The van der Waals surface area contributed by atoms with Crippen LogP contribution in [0.1, 0.15) is 19.8 Å². The van der Waals surface area contributed by atoms with E-state index in [1.807, 2.05) is 24.3 Å². The van der Waals surface area contributed by atoms with Gasteiger partial charge in [-0.25, -0.2) is 9.79 Å². The van der Waals surface area contributed by atoms with Gasteiger partial charge < -0.3 is 9.47 Å². The van der Waals surface area contributed by atoms with Gasteiger partial charge in [-0.3, -0.25) is 0 Å². The van der Waals surface area contributed by atoms with Gasteiger partial charge in [0.1, 0.15) is 11.5 Å². The minimum atomic E-state index is -0.296. The third-order valence-electron chi connectivity index (χ3n) is 2.77. The van der Waals surface area contributed by atoms with E-state index in [0.717, 1.165) is 24.3 Å². The quantitative estimate of drug-likeness (QED) is 0.593. The number of methoxy groups -OCH3 is 1. The monoisotopic (exact) mass is 247 g/mol. The number of esters is 1. The van der Waals surface area contributed by atoms with Crippen molar-refractivity contribution in [1.29, 1.82) is 0 Å². The molecule has 0 saturated heterocycles. The first kappa shape index (κ1) is 12.6. The Kier molecular flexibility index (Phi) is 3.97. The van der Waals surface area contributed by atoms with Gasteiger partial charge in [0.25, 0.3) is 0 Å². The van der Waals surface area contributed by atoms with E-state index in [9.17, 15) is 4.79 Å². The molecule has 0 bridgehead atoms. The van der Waals surface area contributed by atoms with Gasteiger partial charge in [-0.2, -0.15) is 0 Å². The van der Waals surface area contributed by atoms with Crippen LogP contribution in [0.3, 0.4) is 0 Å². The Hall–Kier alpha value is -1.84. The molecule has 0 aromatic heterocycles. The molecule has 1 aromatic carbocycles. The second-order valence-electron chi connectivity index (χ2n) is 4.19. The minimum absolute atomic E-state index is 0.270. The molecular formula is C14H17NO3. The van der Waals surface area contributed by atoms with Crippen molar-refractivity contribution in [1.82, 2.24) is 0 Å². The van der Waals surface area contributed by atoms with Gasteiger partial charge in [0, 0.05) is 5.92 Å². The molecule has 0 heterocycles. The topological polar surface area (TPSA) is 47.9 Å². The number of ether oxygens (including phenoxy) is 2. The second-order valence-corrected chi connectivity index (χ2v) is 4.19. The van der Waals surface area contributed by atoms with E-state index < -0.39 is 0 Å². The number of rotatable bonds is 5. The summed E-state index contributed by atoms with van der Waals surface area (Å²) in [5, 5.41) is 0. The first-order valence-corrected chi connectivity index (χ1v) is 6.14. The van der Waals surface area contributed by atoms with Crippen molar-refractivity contribution in [2.45, 2.75) is 19.8 Å². The lowest BCUT2D eigenvalue weighted by Gasteiger charge is -2.05. The summed E-state index contributed by atoms with van der Waals surface area (Å²) in [7, 11) is 1.62. The molecular weight excluding hydrogens is 230 g/mol. The van der Waals surface area contributed by atoms with Crippen molar-refractivity contribution in [2.75, 3.05) is 13.7 Å². The summed E-state index contributed by atoms with van der Waals surface area (Å²) >= 11 is 0. The van der Waals surface area contributed by atoms with E-state index in [1.54, 1.807) is 14.0 Å². The van der Waals surface area contributed by atoms with Crippen LogP contribution in [0.4, 0.5) is 5.69 Å². The Bertz CT molecular complexity index is 447. The average Bonchev–Trinajstić information content (AvgIpc) is 3.21. The molecule has 0 spiro atoms. The Morgan fingerprint density at radius 1 is 1.33 bits per heavy atom. The van der Waals surface area contributed by atoms with Crippen molar-refractivity contribution in [3.05, 3.63) is 24.3 Å². The van der Waals surface area contributed by atoms with Gasteiger partial charge >= 0.3 is 5.97 Å². The van der Waals surface area contributed by atoms with E-state index in [-0.39, 0.29) is 11.9 Å². The van der Waals surface area contributed by atoms with Gasteiger partial charge in [0.15, 0.2) is 0 Å². The SMILES string of the molecule is CCOC(=O)C(=Nc1ccc(OC)cc1)C1CC1. The summed E-state index contributed by atoms with van der Waals surface area (Å²) in [4.78, 5) is 16.2. The lowest BCUT2D eigenvalue weighted by Crippen LogP contribution is -2.19. The van der Waals surface area contributed by atoms with Crippen LogP contribution in [0.2, 0.25) is 0 Å². The van der Waals surface area contributed by atoms with E-state index in [4.69, 9.17) is 9.47 Å². The fourth-order valence-corrected chi connectivity index (χ4v) is 1.66. The molecule has 1 fully saturated rings. The van der Waals surface area contributed by atoms with Crippen LogP contribution in [0.5, 0.6) is 5.75 Å². The molecule has 1 saturated carbocycles. The highest BCUT2D eigenvalue weighted by molar-refractivity contribution is 6.38. The molecule has 0 amide bonds. The molecule has 2 rings (SSSR count). The van der Waals surface area contributed by atoms with Gasteiger partial charge in [0.05, 0.1) is 19.4 Å². The summed E-state index contributed by atoms with van der Waals surface area (Å²) in [6.07, 6.45) is 2.04. The molecule has 0 aliphatic heterocycles. The van der Waals surface area contributed by atoms with Gasteiger partial charge in [-0.05, 0) is 44.0 Å². The molecule has 4 nitrogen and oxygen atoms in total. The third-order valence-corrected chi connectivity index (χ3v) is 2.77. The minimum Gasteiger partial charge on any atom is -0.497 e. The molecule has 1 aliphatic carbocycles. The fourth-order valence-electron chi connectivity index (χ4n) is 1.66. The third kappa shape index (κ3) is 3.09. The maximum atomic E-state index is 11.8. The Morgan fingerprint density at radius 3 is 2.50 bits per heavy atom. The summed E-state index contributed by atoms with van der Waals surface area (Å²) in [6, 6.07) is 7.32. The summed E-state index contributed by atoms with van der Waals surface area (Å²) < 4.78 is 10.1. The predicted molar refractivity (Wildman–Crippen MR) is 69.4 cm³/mol. The number of carbonyl (C=O) groups excluding carboxylic acids is 1. The molecule has 0 N–H and O–H groups in total. The molecule has 0 atom stereocenters. The van der Waals surface area contributed by atoms with Crippen LogP contribution >= 0.6 is 0 Å². The number of hydrogen-bond acceptors (Lipinski definition) is 4. The van der Waals surface area contributed by atoms with Gasteiger partial charge in [-0.1, -0.05) is 0 Å². The smallest absolute Gasteiger partial charge is 0.352 e. The summed E-state index contributed by atoms with van der Waals surface area (Å²) in [5.41, 5.74) is 1.30. The number of aliphatic imine (C=N–C) groups is 1. The van der Waals surface area contributed by atoms with E-state index in [1.165, 1.54) is 0 Å². The fraction of sp³-hybridized carbons (Fsp3) is 0.429. The van der Waals surface area contributed by atoms with Crippen LogP contribution in [-0.2, 0) is 9.53 Å². The van der Waals surface area contributed by atoms with Crippen LogP contribution in [0.15, 0.2) is 29.3 Å². The van der Waals surface area contributed by atoms with Crippen LogP contribution in [0, 0.1) is 5.92 Å². The highest BCUT2D eigenvalue weighted by Crippen LogP contribution is 2.32. The number of nitrogens with zero attached hydrogens (tertiary/aromatic N) is 1. The average molecular weight is 247 g/mol. The van der Waals surface area contributed by atoms with Gasteiger partial charge in [-0.15, -0.1) is 0 Å². The molecule has 4 heteroatoms. The van der Waals surface area contributed by atoms with Crippen molar-refractivity contribution >= 4 is 17.4 Å². The molecule has 1 aromatic rings. The maximum Gasteiger partial charge on any atom is 0.352 e. The standard InChI is InChI=1S/C14H17NO3/c1-3-18-14(16)13(10-4-5-10)15-11-6-8-12(17-2)9-7-11/h6-10H,3-5H2,1-2H3. The normalized spacial score (nSPS) is 15.3. The molecule has 0 radical (unpaired) electrons. The number of benzene rings is 1. The highest BCUT2D eigenvalue weighted by atomic mass is 16.5. The number of carbonyl (C=O) groups is 1. The van der Waals surface area contributed by atoms with Crippen molar-refractivity contribution in [3.8, 4) is 5.75 Å². The van der Waals surface area contributed by atoms with Crippen LogP contribution < -0.4 is 4.74 Å². The number of hydrogen-bond donors (Lipinski definition) is 0. The summed E-state index contributed by atoms with van der Waals surface area (Å²) in [6.45, 7) is 2.18. The predicted octanol–water partition coefficient (Wildman–Crippen LogP) is 2.74. The van der Waals surface area contributed by atoms with E-state index in [0.29, 0.717) is 12.3 Å².